The summed E-state index contributed by atoms with van der Waals surface area (Å²) in [6.45, 7) is 2.17. The first-order valence-electron chi connectivity index (χ1n) is 7.91. The molecule has 0 radical (unpaired) electrons. The second-order valence-electron chi connectivity index (χ2n) is 6.03. The molecule has 0 atom stereocenters. The van der Waals surface area contributed by atoms with Gasteiger partial charge in [0, 0.05) is 11.7 Å². The van der Waals surface area contributed by atoms with Crippen LogP contribution in [0.15, 0.2) is 24.3 Å². The van der Waals surface area contributed by atoms with Gasteiger partial charge in [-0.05, 0) is 56.2 Å². The monoisotopic (exact) mass is 299 g/mol. The van der Waals surface area contributed by atoms with E-state index < -0.39 is 12.1 Å². The maximum atomic E-state index is 12.6. The summed E-state index contributed by atoms with van der Waals surface area (Å²) in [7, 11) is 0. The fourth-order valence-electron chi connectivity index (χ4n) is 2.95. The zero-order valence-electron chi connectivity index (χ0n) is 12.5. The second-order valence-corrected chi connectivity index (χ2v) is 6.03. The summed E-state index contributed by atoms with van der Waals surface area (Å²) in [6, 6.07) is 8.48. The molecule has 0 aromatic heterocycles. The van der Waals surface area contributed by atoms with Crippen LogP contribution >= 0.6 is 0 Å². The van der Waals surface area contributed by atoms with Crippen molar-refractivity contribution in [3.05, 3.63) is 29.8 Å². The van der Waals surface area contributed by atoms with Crippen molar-refractivity contribution in [2.45, 2.75) is 64.1 Å². The lowest BCUT2D eigenvalue weighted by molar-refractivity contribution is -0.182. The third-order valence-electron chi connectivity index (χ3n) is 4.33. The predicted molar refractivity (Wildman–Crippen MR) is 80.5 cm³/mol. The van der Waals surface area contributed by atoms with Gasteiger partial charge in [-0.1, -0.05) is 25.5 Å². The largest absolute Gasteiger partial charge is 0.391 e. The van der Waals surface area contributed by atoms with E-state index in [1.165, 1.54) is 18.4 Å². The molecule has 1 aromatic rings. The highest BCUT2D eigenvalue weighted by molar-refractivity contribution is 5.45. The molecular formula is C17H24F3N. The van der Waals surface area contributed by atoms with Gasteiger partial charge in [0.25, 0.3) is 0 Å². The van der Waals surface area contributed by atoms with E-state index in [1.807, 2.05) is 12.1 Å². The van der Waals surface area contributed by atoms with Crippen LogP contribution in [-0.4, -0.2) is 12.2 Å². The fraction of sp³-hybridized carbons (Fsp3) is 0.647. The van der Waals surface area contributed by atoms with E-state index in [0.717, 1.165) is 12.1 Å². The van der Waals surface area contributed by atoms with Crippen molar-refractivity contribution >= 4 is 5.69 Å². The molecule has 1 fully saturated rings. The van der Waals surface area contributed by atoms with Crippen LogP contribution in [0.25, 0.3) is 0 Å². The van der Waals surface area contributed by atoms with Crippen molar-refractivity contribution < 1.29 is 13.2 Å². The van der Waals surface area contributed by atoms with Crippen LogP contribution in [0.1, 0.15) is 51.0 Å². The number of aryl methyl sites for hydroxylation is 1. The van der Waals surface area contributed by atoms with Gasteiger partial charge in [0.15, 0.2) is 0 Å². The molecule has 0 aliphatic heterocycles. The zero-order chi connectivity index (χ0) is 15.3. The summed E-state index contributed by atoms with van der Waals surface area (Å²) in [4.78, 5) is 0. The molecule has 118 valence electrons. The summed E-state index contributed by atoms with van der Waals surface area (Å²) < 4.78 is 37.9. The Morgan fingerprint density at radius 2 is 1.67 bits per heavy atom. The average Bonchev–Trinajstić information content (AvgIpc) is 2.46. The van der Waals surface area contributed by atoms with Gasteiger partial charge < -0.3 is 5.32 Å². The van der Waals surface area contributed by atoms with Gasteiger partial charge in [-0.3, -0.25) is 0 Å². The van der Waals surface area contributed by atoms with Crippen molar-refractivity contribution in [1.82, 2.24) is 0 Å². The molecule has 0 saturated heterocycles. The Morgan fingerprint density at radius 1 is 1.05 bits per heavy atom. The number of anilines is 1. The second kappa shape index (κ2) is 7.19. The molecule has 0 bridgehead atoms. The van der Waals surface area contributed by atoms with Crippen LogP contribution in [0.3, 0.4) is 0 Å². The molecule has 1 aliphatic carbocycles. The van der Waals surface area contributed by atoms with Crippen LogP contribution < -0.4 is 5.32 Å². The van der Waals surface area contributed by atoms with E-state index in [2.05, 4.69) is 24.4 Å². The third-order valence-corrected chi connectivity index (χ3v) is 4.33. The lowest BCUT2D eigenvalue weighted by atomic mass is 9.85. The van der Waals surface area contributed by atoms with Gasteiger partial charge in [0.05, 0.1) is 5.92 Å². The van der Waals surface area contributed by atoms with Gasteiger partial charge in [-0.15, -0.1) is 0 Å². The van der Waals surface area contributed by atoms with Crippen molar-refractivity contribution in [3.8, 4) is 0 Å². The lowest BCUT2D eigenvalue weighted by Crippen LogP contribution is -2.32. The maximum absolute atomic E-state index is 12.6. The molecule has 0 heterocycles. The number of hydrogen-bond acceptors (Lipinski definition) is 1. The van der Waals surface area contributed by atoms with E-state index in [4.69, 9.17) is 0 Å². The van der Waals surface area contributed by atoms with Crippen molar-refractivity contribution in [1.29, 1.82) is 0 Å². The number of nitrogens with one attached hydrogen (secondary N) is 1. The smallest absolute Gasteiger partial charge is 0.382 e. The third kappa shape index (κ3) is 4.94. The number of unbranched alkanes of at least 4 members (excludes halogenated alkanes) is 1. The summed E-state index contributed by atoms with van der Waals surface area (Å²) >= 11 is 0. The molecule has 2 rings (SSSR count). The van der Waals surface area contributed by atoms with Gasteiger partial charge in [0.1, 0.15) is 0 Å². The highest BCUT2D eigenvalue weighted by Crippen LogP contribution is 2.38. The summed E-state index contributed by atoms with van der Waals surface area (Å²) in [5.41, 5.74) is 2.34. The standard InChI is InChI=1S/C17H24F3N/c1-2-3-4-13-5-9-15(10-6-13)21-16-11-7-14(8-12-16)17(18,19)20/h5-6,9-10,14,16,21H,2-4,7-8,11-12H2,1H3. The highest BCUT2D eigenvalue weighted by Gasteiger charge is 2.41. The molecule has 1 nitrogen and oxygen atoms in total. The van der Waals surface area contributed by atoms with Crippen molar-refractivity contribution in [3.63, 3.8) is 0 Å². The molecule has 21 heavy (non-hydrogen) atoms. The Kier molecular flexibility index (Phi) is 5.54. The Balaban J connectivity index is 1.80. The van der Waals surface area contributed by atoms with Gasteiger partial charge in [-0.2, -0.15) is 13.2 Å². The van der Waals surface area contributed by atoms with Crippen LogP contribution in [0.2, 0.25) is 0 Å². The van der Waals surface area contributed by atoms with Gasteiger partial charge >= 0.3 is 6.18 Å². The average molecular weight is 299 g/mol. The van der Waals surface area contributed by atoms with Crippen LogP contribution in [0, 0.1) is 5.92 Å². The number of benzene rings is 1. The summed E-state index contributed by atoms with van der Waals surface area (Å²) in [5, 5.41) is 3.37. The van der Waals surface area contributed by atoms with Crippen molar-refractivity contribution in [2.75, 3.05) is 5.32 Å². The number of alkyl halides is 3. The molecule has 0 spiro atoms. The molecule has 0 amide bonds. The first kappa shape index (κ1) is 16.2. The SMILES string of the molecule is CCCCc1ccc(NC2CCC(C(F)(F)F)CC2)cc1. The van der Waals surface area contributed by atoms with Crippen molar-refractivity contribution in [2.24, 2.45) is 5.92 Å². The van der Waals surface area contributed by atoms with Gasteiger partial charge in [0.2, 0.25) is 0 Å². The Morgan fingerprint density at radius 3 is 2.19 bits per heavy atom. The molecule has 1 saturated carbocycles. The maximum Gasteiger partial charge on any atom is 0.391 e. The minimum atomic E-state index is -4.02. The normalized spacial score (nSPS) is 23.0. The Labute approximate surface area is 124 Å². The first-order valence-corrected chi connectivity index (χ1v) is 7.91. The number of hydrogen-bond donors (Lipinski definition) is 1. The van der Waals surface area contributed by atoms with E-state index in [0.29, 0.717) is 12.8 Å². The topological polar surface area (TPSA) is 12.0 Å². The fourth-order valence-corrected chi connectivity index (χ4v) is 2.95. The summed E-state index contributed by atoms with van der Waals surface area (Å²) in [6.07, 6.45) is 1.13. The first-order chi connectivity index (χ1) is 9.99. The van der Waals surface area contributed by atoms with Crippen LogP contribution in [0.4, 0.5) is 18.9 Å². The molecule has 1 aromatic carbocycles. The zero-order valence-corrected chi connectivity index (χ0v) is 12.5. The van der Waals surface area contributed by atoms with Gasteiger partial charge in [-0.25, -0.2) is 0 Å². The minimum Gasteiger partial charge on any atom is -0.382 e. The van der Waals surface area contributed by atoms with E-state index in [1.54, 1.807) is 0 Å². The summed E-state index contributed by atoms with van der Waals surface area (Å²) in [5.74, 6) is -1.10. The van der Waals surface area contributed by atoms with Crippen LogP contribution in [0.5, 0.6) is 0 Å². The molecule has 0 unspecified atom stereocenters. The Bertz CT molecular complexity index is 417. The van der Waals surface area contributed by atoms with E-state index in [-0.39, 0.29) is 18.9 Å². The highest BCUT2D eigenvalue weighted by atomic mass is 19.4. The molecule has 1 aliphatic rings. The van der Waals surface area contributed by atoms with Crippen LogP contribution in [-0.2, 0) is 6.42 Å². The van der Waals surface area contributed by atoms with E-state index >= 15 is 0 Å². The predicted octanol–water partition coefficient (Wildman–Crippen LogP) is 5.56. The minimum absolute atomic E-state index is 0.171. The molecule has 1 N–H and O–H groups in total. The number of halogens is 3. The lowest BCUT2D eigenvalue weighted by Gasteiger charge is -2.30. The molecular weight excluding hydrogens is 275 g/mol. The Hall–Kier alpha value is -1.19. The quantitative estimate of drug-likeness (QED) is 0.750. The molecule has 4 heteroatoms. The number of rotatable bonds is 5. The van der Waals surface area contributed by atoms with E-state index in [9.17, 15) is 13.2 Å².